The van der Waals surface area contributed by atoms with Crippen molar-refractivity contribution in [2.45, 2.75) is 33.1 Å². The summed E-state index contributed by atoms with van der Waals surface area (Å²) in [6, 6.07) is 49.8. The number of H-pyrrole nitrogens is 1. The molecule has 6 aromatic carbocycles. The maximum atomic E-state index is 5.54. The average Bonchev–Trinajstić information content (AvgIpc) is 3.84. The molecule has 10 rings (SSSR count). The zero-order valence-corrected chi connectivity index (χ0v) is 29.6. The van der Waals surface area contributed by atoms with Crippen LogP contribution in [0, 0.1) is 6.92 Å². The van der Waals surface area contributed by atoms with E-state index < -0.39 is 0 Å². The summed E-state index contributed by atoms with van der Waals surface area (Å²) in [5.74, 6) is 1.87. The molecule has 1 N–H and O–H groups in total. The summed E-state index contributed by atoms with van der Waals surface area (Å²) in [6.45, 7) is 9.01. The van der Waals surface area contributed by atoms with E-state index in [9.17, 15) is 0 Å². The first-order valence-corrected chi connectivity index (χ1v) is 17.9. The van der Waals surface area contributed by atoms with Crippen LogP contribution >= 0.6 is 0 Å². The first-order valence-electron chi connectivity index (χ1n) is 17.9. The van der Waals surface area contributed by atoms with E-state index in [2.05, 4.69) is 181 Å². The van der Waals surface area contributed by atoms with Crippen LogP contribution in [0.5, 0.6) is 0 Å². The van der Waals surface area contributed by atoms with Crippen LogP contribution in [0.4, 0.5) is 0 Å². The molecule has 0 amide bonds. The Morgan fingerprint density at radius 3 is 2.12 bits per heavy atom. The van der Waals surface area contributed by atoms with Gasteiger partial charge < -0.3 is 4.98 Å². The summed E-state index contributed by atoms with van der Waals surface area (Å²) >= 11 is 0. The number of hydrogen-bond donors (Lipinski definition) is 1. The fourth-order valence-electron chi connectivity index (χ4n) is 8.34. The molecule has 250 valence electrons. The first-order chi connectivity index (χ1) is 25.4. The molecule has 4 heterocycles. The lowest BCUT2D eigenvalue weighted by molar-refractivity contribution is 0.584. The van der Waals surface area contributed by atoms with Crippen LogP contribution in [0.2, 0.25) is 0 Å². The third-order valence-corrected chi connectivity index (χ3v) is 10.7. The van der Waals surface area contributed by atoms with Crippen molar-refractivity contribution in [3.05, 3.63) is 157 Å². The van der Waals surface area contributed by atoms with Crippen molar-refractivity contribution in [2.75, 3.05) is 0 Å². The number of nitrogens with one attached hydrogen (secondary N) is 1. The van der Waals surface area contributed by atoms with Crippen molar-refractivity contribution in [1.82, 2.24) is 24.1 Å². The summed E-state index contributed by atoms with van der Waals surface area (Å²) in [7, 11) is 0. The number of rotatable bonds is 4. The van der Waals surface area contributed by atoms with E-state index in [1.807, 2.05) is 6.20 Å². The number of aromatic amines is 1. The molecule has 0 spiro atoms. The summed E-state index contributed by atoms with van der Waals surface area (Å²) in [5.41, 5.74) is 13.3. The summed E-state index contributed by atoms with van der Waals surface area (Å²) in [4.78, 5) is 14.3. The van der Waals surface area contributed by atoms with Gasteiger partial charge in [0.2, 0.25) is 0 Å². The number of fused-ring (bicyclic) bond motifs is 7. The highest BCUT2D eigenvalue weighted by molar-refractivity contribution is 6.13. The zero-order chi connectivity index (χ0) is 35.1. The second kappa shape index (κ2) is 11.3. The highest BCUT2D eigenvalue weighted by atomic mass is 15.1. The van der Waals surface area contributed by atoms with E-state index in [0.29, 0.717) is 0 Å². The normalized spacial score (nSPS) is 12.2. The monoisotopic (exact) mass is 671 g/mol. The molecule has 5 nitrogen and oxygen atoms in total. The molecule has 5 heteroatoms. The number of hydrogen-bond acceptors (Lipinski definition) is 2. The van der Waals surface area contributed by atoms with E-state index in [-0.39, 0.29) is 5.41 Å². The van der Waals surface area contributed by atoms with Crippen LogP contribution < -0.4 is 0 Å². The second-order valence-corrected chi connectivity index (χ2v) is 14.8. The largest absolute Gasteiger partial charge is 0.354 e. The maximum absolute atomic E-state index is 5.54. The van der Waals surface area contributed by atoms with Gasteiger partial charge in [-0.3, -0.25) is 9.13 Å². The highest BCUT2D eigenvalue weighted by Crippen LogP contribution is 2.41. The van der Waals surface area contributed by atoms with E-state index in [4.69, 9.17) is 9.97 Å². The number of aromatic nitrogens is 5. The van der Waals surface area contributed by atoms with Gasteiger partial charge in [-0.2, -0.15) is 0 Å². The summed E-state index contributed by atoms with van der Waals surface area (Å²) < 4.78 is 4.66. The first kappa shape index (κ1) is 30.4. The fraction of sp³-hybridized carbons (Fsp3) is 0.106. The molecule has 0 aliphatic rings. The molecule has 0 fully saturated rings. The molecule has 0 radical (unpaired) electrons. The lowest BCUT2D eigenvalue weighted by Crippen LogP contribution is -2.15. The minimum Gasteiger partial charge on any atom is -0.354 e. The number of nitrogens with zero attached hydrogens (tertiary/aromatic N) is 4. The molecule has 10 aromatic rings. The Balaban J connectivity index is 1.25. The van der Waals surface area contributed by atoms with Crippen LogP contribution in [0.3, 0.4) is 0 Å². The Kier molecular flexibility index (Phi) is 6.58. The Labute approximate surface area is 301 Å². The molecule has 0 unspecified atom stereocenters. The molecule has 0 aliphatic carbocycles. The van der Waals surface area contributed by atoms with Gasteiger partial charge in [0.15, 0.2) is 0 Å². The number of para-hydroxylation sites is 5. The Bertz CT molecular complexity index is 3010. The average molecular weight is 672 g/mol. The third-order valence-electron chi connectivity index (χ3n) is 10.7. The van der Waals surface area contributed by atoms with E-state index >= 15 is 0 Å². The lowest BCUT2D eigenvalue weighted by Gasteiger charge is -2.23. The van der Waals surface area contributed by atoms with Gasteiger partial charge in [-0.15, -0.1) is 0 Å². The fourth-order valence-corrected chi connectivity index (χ4v) is 8.34. The molecule has 52 heavy (non-hydrogen) atoms. The summed E-state index contributed by atoms with van der Waals surface area (Å²) in [6.07, 6.45) is 1.96. The Morgan fingerprint density at radius 2 is 1.27 bits per heavy atom. The van der Waals surface area contributed by atoms with E-state index in [1.54, 1.807) is 0 Å². The van der Waals surface area contributed by atoms with E-state index in [1.165, 1.54) is 32.7 Å². The van der Waals surface area contributed by atoms with Gasteiger partial charge >= 0.3 is 0 Å². The maximum Gasteiger partial charge on any atom is 0.147 e. The van der Waals surface area contributed by atoms with Crippen LogP contribution in [-0.2, 0) is 5.41 Å². The second-order valence-electron chi connectivity index (χ2n) is 14.8. The van der Waals surface area contributed by atoms with Crippen LogP contribution in [0.1, 0.15) is 31.9 Å². The lowest BCUT2D eigenvalue weighted by atomic mass is 9.85. The minimum atomic E-state index is -0.00614. The molecular formula is C47H37N5. The van der Waals surface area contributed by atoms with Crippen molar-refractivity contribution in [1.29, 1.82) is 0 Å². The van der Waals surface area contributed by atoms with Crippen molar-refractivity contribution >= 4 is 54.6 Å². The SMILES string of the molecule is Cc1c(C(C)(C)C)ccnc1-n1c2ccccc2c2ccc(-c3cccc4c3nc(-c3cccc5c3[nH]c3ccccc35)n4-c3ccccc3)cc21. The van der Waals surface area contributed by atoms with Gasteiger partial charge in [-0.25, -0.2) is 9.97 Å². The molecule has 0 saturated carbocycles. The minimum absolute atomic E-state index is 0.00614. The molecule has 4 aromatic heterocycles. The van der Waals surface area contributed by atoms with Gasteiger partial charge in [0.1, 0.15) is 11.6 Å². The van der Waals surface area contributed by atoms with E-state index in [0.717, 1.165) is 67.1 Å². The van der Waals surface area contributed by atoms with Crippen LogP contribution in [0.15, 0.2) is 146 Å². The molecule has 0 aliphatic heterocycles. The number of imidazole rings is 1. The quantitative estimate of drug-likeness (QED) is 0.202. The predicted molar refractivity (Wildman–Crippen MR) is 217 cm³/mol. The summed E-state index contributed by atoms with van der Waals surface area (Å²) in [5, 5.41) is 4.82. The number of benzene rings is 6. The van der Waals surface area contributed by atoms with Crippen molar-refractivity contribution < 1.29 is 0 Å². The Hall–Kier alpha value is -6.46. The van der Waals surface area contributed by atoms with Gasteiger partial charge in [0.25, 0.3) is 0 Å². The standard InChI is InChI=1S/C47H37N5/c1-29-38(47(2,3)4)26-27-48-45(29)52-40-22-11-9-17-34(40)35-25-24-30(28-42(35)52)32-18-13-23-41-44(32)50-46(51(41)31-14-6-5-7-15-31)37-20-12-19-36-33-16-8-10-21-39(33)49-43(36)37/h5-28,49H,1-4H3. The van der Waals surface area contributed by atoms with Crippen molar-refractivity contribution in [3.63, 3.8) is 0 Å². The van der Waals surface area contributed by atoms with Crippen LogP contribution in [-0.4, -0.2) is 24.1 Å². The Morgan fingerprint density at radius 1 is 0.577 bits per heavy atom. The van der Waals surface area contributed by atoms with Gasteiger partial charge in [0, 0.05) is 50.1 Å². The molecule has 0 atom stereocenters. The van der Waals surface area contributed by atoms with Gasteiger partial charge in [0.05, 0.1) is 27.6 Å². The molecular weight excluding hydrogens is 635 g/mol. The third kappa shape index (κ3) is 4.49. The number of pyridine rings is 1. The van der Waals surface area contributed by atoms with Crippen molar-refractivity contribution in [3.8, 4) is 34.0 Å². The van der Waals surface area contributed by atoms with Gasteiger partial charge in [-0.1, -0.05) is 112 Å². The smallest absolute Gasteiger partial charge is 0.147 e. The molecule has 0 bridgehead atoms. The van der Waals surface area contributed by atoms with Gasteiger partial charge in [-0.05, 0) is 77.6 Å². The predicted octanol–water partition coefficient (Wildman–Crippen LogP) is 12.1. The topological polar surface area (TPSA) is 51.4 Å². The van der Waals surface area contributed by atoms with Crippen molar-refractivity contribution in [2.24, 2.45) is 0 Å². The molecule has 0 saturated heterocycles. The zero-order valence-electron chi connectivity index (χ0n) is 29.6. The van der Waals surface area contributed by atoms with Crippen LogP contribution in [0.25, 0.3) is 88.7 Å². The highest BCUT2D eigenvalue weighted by Gasteiger charge is 2.23.